The summed E-state index contributed by atoms with van der Waals surface area (Å²) >= 11 is 0. The van der Waals surface area contributed by atoms with E-state index in [1.807, 2.05) is 0 Å². The zero-order chi connectivity index (χ0) is 14.0. The topological polar surface area (TPSA) is 73.1 Å². The molecule has 8 heteroatoms. The van der Waals surface area contributed by atoms with Gasteiger partial charge in [-0.1, -0.05) is 0 Å². The number of halogens is 3. The molecule has 0 aliphatic carbocycles. The third-order valence-corrected chi connectivity index (χ3v) is 2.30. The fourth-order valence-electron chi connectivity index (χ4n) is 1.39. The minimum Gasteiger partial charge on any atom is -0.479 e. The van der Waals surface area contributed by atoms with Gasteiger partial charge in [0.1, 0.15) is 17.8 Å². The van der Waals surface area contributed by atoms with Gasteiger partial charge < -0.3 is 15.8 Å². The Morgan fingerprint density at radius 2 is 1.79 bits per heavy atom. The summed E-state index contributed by atoms with van der Waals surface area (Å²) in [5.41, 5.74) is 5.38. The van der Waals surface area contributed by atoms with E-state index < -0.39 is 17.5 Å². The number of hydrogen-bond donors (Lipinski definition) is 2. The summed E-state index contributed by atoms with van der Waals surface area (Å²) in [5.74, 6) is -3.34. The minimum absolute atomic E-state index is 0.0223. The molecule has 0 bridgehead atoms. The van der Waals surface area contributed by atoms with E-state index in [-0.39, 0.29) is 23.1 Å². The average molecular weight is 270 g/mol. The molecular formula is C11H9F3N4O. The predicted octanol–water partition coefficient (Wildman–Crippen LogP) is 2.23. The zero-order valence-electron chi connectivity index (χ0n) is 9.75. The third kappa shape index (κ3) is 2.51. The van der Waals surface area contributed by atoms with Crippen LogP contribution in [0.1, 0.15) is 0 Å². The van der Waals surface area contributed by atoms with E-state index >= 15 is 0 Å². The van der Waals surface area contributed by atoms with E-state index in [1.54, 1.807) is 0 Å². The fraction of sp³-hybridized carbons (Fsp3) is 0.0909. The summed E-state index contributed by atoms with van der Waals surface area (Å²) < 4.78 is 44.1. The van der Waals surface area contributed by atoms with Gasteiger partial charge in [-0.2, -0.15) is 4.98 Å². The molecule has 1 aromatic heterocycles. The average Bonchev–Trinajstić information content (AvgIpc) is 2.38. The van der Waals surface area contributed by atoms with Gasteiger partial charge in [0.25, 0.3) is 0 Å². The molecule has 100 valence electrons. The number of nitrogens with two attached hydrogens (primary N) is 1. The highest BCUT2D eigenvalue weighted by molar-refractivity contribution is 5.72. The van der Waals surface area contributed by atoms with Crippen molar-refractivity contribution >= 4 is 17.2 Å². The Morgan fingerprint density at radius 3 is 2.47 bits per heavy atom. The number of anilines is 3. The summed E-state index contributed by atoms with van der Waals surface area (Å²) in [6.45, 7) is 0. The summed E-state index contributed by atoms with van der Waals surface area (Å²) in [4.78, 5) is 7.49. The van der Waals surface area contributed by atoms with Crippen LogP contribution in [0.25, 0.3) is 0 Å². The first kappa shape index (κ1) is 12.9. The Hall–Kier alpha value is -2.51. The molecule has 0 atom stereocenters. The second-order valence-electron chi connectivity index (χ2n) is 3.52. The van der Waals surface area contributed by atoms with E-state index in [0.717, 1.165) is 6.33 Å². The van der Waals surface area contributed by atoms with Crippen LogP contribution in [0.15, 0.2) is 18.5 Å². The molecule has 3 N–H and O–H groups in total. The largest absolute Gasteiger partial charge is 0.479 e. The molecular weight excluding hydrogens is 261 g/mol. The van der Waals surface area contributed by atoms with Crippen LogP contribution in [0.2, 0.25) is 0 Å². The lowest BCUT2D eigenvalue weighted by molar-refractivity contribution is 0.399. The van der Waals surface area contributed by atoms with Crippen LogP contribution >= 0.6 is 0 Å². The van der Waals surface area contributed by atoms with Crippen molar-refractivity contribution in [3.63, 3.8) is 0 Å². The van der Waals surface area contributed by atoms with Crippen molar-refractivity contribution in [1.29, 1.82) is 0 Å². The first-order valence-electron chi connectivity index (χ1n) is 5.09. The maximum absolute atomic E-state index is 13.4. The van der Waals surface area contributed by atoms with Crippen LogP contribution in [-0.2, 0) is 0 Å². The summed E-state index contributed by atoms with van der Waals surface area (Å²) in [6.07, 6.45) is 1.13. The van der Waals surface area contributed by atoms with Crippen LogP contribution in [0.4, 0.5) is 30.4 Å². The standard InChI is InChI=1S/C11H9F3N4O/c1-19-11-9(15)10(16-4-17-11)18-8-3-6(13)5(12)2-7(8)14/h2-4H,15H2,1H3,(H,16,17,18). The Balaban J connectivity index is 2.39. The molecule has 2 rings (SSSR count). The van der Waals surface area contributed by atoms with E-state index in [1.165, 1.54) is 7.11 Å². The Bertz CT molecular complexity index is 621. The Morgan fingerprint density at radius 1 is 1.11 bits per heavy atom. The molecule has 0 fully saturated rings. The van der Waals surface area contributed by atoms with Crippen molar-refractivity contribution in [3.8, 4) is 5.88 Å². The molecule has 2 aromatic rings. The van der Waals surface area contributed by atoms with Crippen molar-refractivity contribution in [2.75, 3.05) is 18.2 Å². The van der Waals surface area contributed by atoms with Gasteiger partial charge in [0, 0.05) is 12.1 Å². The lowest BCUT2D eigenvalue weighted by Gasteiger charge is -2.11. The van der Waals surface area contributed by atoms with E-state index in [0.29, 0.717) is 12.1 Å². The van der Waals surface area contributed by atoms with Gasteiger partial charge in [0.2, 0.25) is 5.88 Å². The SMILES string of the molecule is COc1ncnc(Nc2cc(F)c(F)cc2F)c1N. The molecule has 0 amide bonds. The quantitative estimate of drug-likeness (QED) is 0.837. The molecule has 0 saturated carbocycles. The molecule has 1 aromatic carbocycles. The molecule has 19 heavy (non-hydrogen) atoms. The van der Waals surface area contributed by atoms with E-state index in [4.69, 9.17) is 10.5 Å². The van der Waals surface area contributed by atoms with Crippen molar-refractivity contribution in [2.24, 2.45) is 0 Å². The van der Waals surface area contributed by atoms with Crippen LogP contribution < -0.4 is 15.8 Å². The van der Waals surface area contributed by atoms with Crippen LogP contribution in [0.3, 0.4) is 0 Å². The highest BCUT2D eigenvalue weighted by atomic mass is 19.2. The highest BCUT2D eigenvalue weighted by Gasteiger charge is 2.13. The number of hydrogen-bond acceptors (Lipinski definition) is 5. The Labute approximate surface area is 106 Å². The molecule has 0 spiro atoms. The van der Waals surface area contributed by atoms with Gasteiger partial charge in [-0.25, -0.2) is 18.2 Å². The van der Waals surface area contributed by atoms with Crippen molar-refractivity contribution in [1.82, 2.24) is 9.97 Å². The second kappa shape index (κ2) is 5.01. The zero-order valence-corrected chi connectivity index (χ0v) is 9.75. The lowest BCUT2D eigenvalue weighted by atomic mass is 10.2. The Kier molecular flexibility index (Phi) is 3.41. The van der Waals surface area contributed by atoms with Crippen molar-refractivity contribution < 1.29 is 17.9 Å². The molecule has 0 saturated heterocycles. The first-order chi connectivity index (χ1) is 9.02. The van der Waals surface area contributed by atoms with Gasteiger partial charge >= 0.3 is 0 Å². The number of ether oxygens (including phenoxy) is 1. The van der Waals surface area contributed by atoms with Crippen molar-refractivity contribution in [3.05, 3.63) is 35.9 Å². The highest BCUT2D eigenvalue weighted by Crippen LogP contribution is 2.28. The number of nitrogen functional groups attached to an aromatic ring is 1. The van der Waals surface area contributed by atoms with Gasteiger partial charge in [0.05, 0.1) is 12.8 Å². The number of nitrogens with zero attached hydrogens (tertiary/aromatic N) is 2. The smallest absolute Gasteiger partial charge is 0.242 e. The second-order valence-corrected chi connectivity index (χ2v) is 3.52. The van der Waals surface area contributed by atoms with Gasteiger partial charge in [0.15, 0.2) is 17.5 Å². The number of aromatic nitrogens is 2. The van der Waals surface area contributed by atoms with Gasteiger partial charge in [-0.15, -0.1) is 0 Å². The molecule has 1 heterocycles. The number of benzene rings is 1. The fourth-order valence-corrected chi connectivity index (χ4v) is 1.39. The van der Waals surface area contributed by atoms with Crippen LogP contribution in [0.5, 0.6) is 5.88 Å². The lowest BCUT2D eigenvalue weighted by Crippen LogP contribution is -2.05. The maximum Gasteiger partial charge on any atom is 0.242 e. The maximum atomic E-state index is 13.4. The first-order valence-corrected chi connectivity index (χ1v) is 5.09. The van der Waals surface area contributed by atoms with Crippen LogP contribution in [0, 0.1) is 17.5 Å². The van der Waals surface area contributed by atoms with E-state index in [9.17, 15) is 13.2 Å². The molecule has 0 radical (unpaired) electrons. The summed E-state index contributed by atoms with van der Waals surface area (Å²) in [6, 6.07) is 1.09. The van der Waals surface area contributed by atoms with Gasteiger partial charge in [-0.3, -0.25) is 0 Å². The molecule has 5 nitrogen and oxygen atoms in total. The van der Waals surface area contributed by atoms with Crippen molar-refractivity contribution in [2.45, 2.75) is 0 Å². The summed E-state index contributed by atoms with van der Waals surface area (Å²) in [7, 11) is 1.35. The molecule has 0 unspecified atom stereocenters. The monoisotopic (exact) mass is 270 g/mol. The van der Waals surface area contributed by atoms with Crippen LogP contribution in [-0.4, -0.2) is 17.1 Å². The van der Waals surface area contributed by atoms with E-state index in [2.05, 4.69) is 15.3 Å². The number of rotatable bonds is 3. The number of nitrogens with one attached hydrogen (secondary N) is 1. The third-order valence-electron chi connectivity index (χ3n) is 2.30. The van der Waals surface area contributed by atoms with Gasteiger partial charge in [-0.05, 0) is 0 Å². The predicted molar refractivity (Wildman–Crippen MR) is 62.6 cm³/mol. The molecule has 0 aliphatic rings. The summed E-state index contributed by atoms with van der Waals surface area (Å²) in [5, 5.41) is 2.45. The number of methoxy groups -OCH3 is 1. The minimum atomic E-state index is -1.28. The molecule has 0 aliphatic heterocycles. The normalized spacial score (nSPS) is 10.3.